The molecule has 0 aromatic carbocycles. The van der Waals surface area contributed by atoms with E-state index in [-0.39, 0.29) is 6.04 Å². The number of thiazole rings is 1. The van der Waals surface area contributed by atoms with Gasteiger partial charge < -0.3 is 5.73 Å². The summed E-state index contributed by atoms with van der Waals surface area (Å²) in [7, 11) is 0. The van der Waals surface area contributed by atoms with Crippen LogP contribution in [-0.2, 0) is 13.0 Å². The number of likely N-dealkylation sites (tertiary alicyclic amines) is 1. The molecule has 1 fully saturated rings. The zero-order chi connectivity index (χ0) is 12.3. The molecule has 0 spiro atoms. The average Bonchev–Trinajstić information content (AvgIpc) is 2.77. The summed E-state index contributed by atoms with van der Waals surface area (Å²) in [4.78, 5) is 7.17. The third-order valence-corrected chi connectivity index (χ3v) is 4.58. The molecule has 0 amide bonds. The molecule has 96 valence electrons. The van der Waals surface area contributed by atoms with Gasteiger partial charge in [0.25, 0.3) is 0 Å². The summed E-state index contributed by atoms with van der Waals surface area (Å²) in [6.07, 6.45) is 4.90. The number of hydrogen-bond acceptors (Lipinski definition) is 4. The Morgan fingerprint density at radius 2 is 2.41 bits per heavy atom. The minimum Gasteiger partial charge on any atom is -0.327 e. The van der Waals surface area contributed by atoms with Gasteiger partial charge in [0.15, 0.2) is 0 Å². The van der Waals surface area contributed by atoms with E-state index in [0.29, 0.717) is 6.04 Å². The summed E-state index contributed by atoms with van der Waals surface area (Å²) in [5.74, 6) is 0. The van der Waals surface area contributed by atoms with E-state index in [4.69, 9.17) is 5.73 Å². The van der Waals surface area contributed by atoms with Gasteiger partial charge in [-0.2, -0.15) is 0 Å². The molecule has 1 aromatic rings. The van der Waals surface area contributed by atoms with Gasteiger partial charge in [-0.15, -0.1) is 11.3 Å². The lowest BCUT2D eigenvalue weighted by Crippen LogP contribution is -2.48. The van der Waals surface area contributed by atoms with Crippen LogP contribution in [0.25, 0.3) is 0 Å². The molecule has 2 rings (SSSR count). The molecule has 2 atom stereocenters. The van der Waals surface area contributed by atoms with Crippen LogP contribution < -0.4 is 5.73 Å². The number of piperidine rings is 1. The summed E-state index contributed by atoms with van der Waals surface area (Å²) in [5.41, 5.74) is 7.30. The molecule has 0 saturated carbocycles. The van der Waals surface area contributed by atoms with E-state index in [1.165, 1.54) is 36.5 Å². The number of aromatic nitrogens is 1. The molecule has 1 aliphatic heterocycles. The van der Waals surface area contributed by atoms with Crippen molar-refractivity contribution in [1.29, 1.82) is 0 Å². The fourth-order valence-corrected chi connectivity index (χ4v) is 3.34. The van der Waals surface area contributed by atoms with Crippen molar-refractivity contribution in [2.75, 3.05) is 6.54 Å². The van der Waals surface area contributed by atoms with Crippen molar-refractivity contribution in [3.05, 3.63) is 16.1 Å². The quantitative estimate of drug-likeness (QED) is 0.896. The molecular formula is C13H23N3S. The zero-order valence-corrected chi connectivity index (χ0v) is 11.7. The van der Waals surface area contributed by atoms with Crippen LogP contribution in [0.4, 0.5) is 0 Å². The first-order valence-corrected chi connectivity index (χ1v) is 7.51. The average molecular weight is 253 g/mol. The Labute approximate surface area is 108 Å². The van der Waals surface area contributed by atoms with Crippen molar-refractivity contribution in [2.45, 2.75) is 58.2 Å². The zero-order valence-electron chi connectivity index (χ0n) is 10.9. The second-order valence-corrected chi connectivity index (χ2v) is 5.92. The van der Waals surface area contributed by atoms with Crippen molar-refractivity contribution in [1.82, 2.24) is 9.88 Å². The van der Waals surface area contributed by atoms with Gasteiger partial charge in [-0.3, -0.25) is 4.90 Å². The van der Waals surface area contributed by atoms with E-state index in [0.717, 1.165) is 13.0 Å². The van der Waals surface area contributed by atoms with Crippen LogP contribution in [0.3, 0.4) is 0 Å². The summed E-state index contributed by atoms with van der Waals surface area (Å²) in [5, 5.41) is 3.44. The number of nitrogens with two attached hydrogens (primary N) is 1. The van der Waals surface area contributed by atoms with Gasteiger partial charge in [-0.1, -0.05) is 13.3 Å². The van der Waals surface area contributed by atoms with Crippen LogP contribution in [0.2, 0.25) is 0 Å². The molecule has 2 N–H and O–H groups in total. The van der Waals surface area contributed by atoms with Crippen LogP contribution in [0, 0.1) is 0 Å². The predicted octanol–water partition coefficient (Wildman–Crippen LogP) is 2.41. The first-order valence-electron chi connectivity index (χ1n) is 6.63. The van der Waals surface area contributed by atoms with Gasteiger partial charge in [0.05, 0.1) is 10.7 Å². The van der Waals surface area contributed by atoms with Gasteiger partial charge in [0.1, 0.15) is 0 Å². The molecule has 1 aromatic heterocycles. The molecular weight excluding hydrogens is 230 g/mol. The second-order valence-electron chi connectivity index (χ2n) is 4.98. The van der Waals surface area contributed by atoms with Gasteiger partial charge in [-0.25, -0.2) is 4.98 Å². The Balaban J connectivity index is 2.00. The lowest BCUT2D eigenvalue weighted by atomic mass is 9.97. The third kappa shape index (κ3) is 3.27. The number of aryl methyl sites for hydroxylation is 1. The van der Waals surface area contributed by atoms with Crippen molar-refractivity contribution < 1.29 is 0 Å². The van der Waals surface area contributed by atoms with Crippen molar-refractivity contribution >= 4 is 11.3 Å². The fraction of sp³-hybridized carbons (Fsp3) is 0.769. The van der Waals surface area contributed by atoms with Crippen molar-refractivity contribution in [2.24, 2.45) is 5.73 Å². The van der Waals surface area contributed by atoms with Crippen LogP contribution in [0.15, 0.2) is 5.38 Å². The third-order valence-electron chi connectivity index (χ3n) is 3.54. The number of nitrogens with zero attached hydrogens (tertiary/aromatic N) is 2. The van der Waals surface area contributed by atoms with Crippen LogP contribution in [-0.4, -0.2) is 28.5 Å². The number of hydrogen-bond donors (Lipinski definition) is 1. The molecule has 1 aliphatic rings. The minimum absolute atomic E-state index is 0.264. The van der Waals surface area contributed by atoms with Crippen molar-refractivity contribution in [3.63, 3.8) is 0 Å². The molecule has 17 heavy (non-hydrogen) atoms. The van der Waals surface area contributed by atoms with E-state index in [1.54, 1.807) is 11.3 Å². The van der Waals surface area contributed by atoms with Gasteiger partial charge in [0.2, 0.25) is 0 Å². The molecule has 0 aliphatic carbocycles. The molecule has 2 unspecified atom stereocenters. The summed E-state index contributed by atoms with van der Waals surface area (Å²) >= 11 is 1.78. The molecule has 0 radical (unpaired) electrons. The molecule has 1 saturated heterocycles. The Hall–Kier alpha value is -0.450. The molecule has 2 heterocycles. The highest BCUT2D eigenvalue weighted by Crippen LogP contribution is 2.22. The van der Waals surface area contributed by atoms with Gasteiger partial charge in [-0.05, 0) is 32.7 Å². The van der Waals surface area contributed by atoms with Crippen LogP contribution in [0.5, 0.6) is 0 Å². The Kier molecular flexibility index (Phi) is 4.54. The normalized spacial score (nSPS) is 23.8. The summed E-state index contributed by atoms with van der Waals surface area (Å²) in [6, 6.07) is 0.801. The molecule has 4 heteroatoms. The van der Waals surface area contributed by atoms with E-state index < -0.39 is 0 Å². The molecule has 3 nitrogen and oxygen atoms in total. The maximum Gasteiger partial charge on any atom is 0.0926 e. The first-order chi connectivity index (χ1) is 8.20. The SMILES string of the molecule is CCc1nc(CN2CCCCC2C(C)N)cs1. The largest absolute Gasteiger partial charge is 0.327 e. The number of rotatable bonds is 4. The lowest BCUT2D eigenvalue weighted by molar-refractivity contribution is 0.121. The second kappa shape index (κ2) is 5.94. The topological polar surface area (TPSA) is 42.2 Å². The smallest absolute Gasteiger partial charge is 0.0926 e. The summed E-state index contributed by atoms with van der Waals surface area (Å²) < 4.78 is 0. The Morgan fingerprint density at radius 1 is 1.59 bits per heavy atom. The van der Waals surface area contributed by atoms with Crippen LogP contribution >= 0.6 is 11.3 Å². The maximum atomic E-state index is 6.08. The standard InChI is InChI=1S/C13H23N3S/c1-3-13-15-11(9-17-13)8-16-7-5-4-6-12(16)10(2)14/h9-10,12H,3-8,14H2,1-2H3. The van der Waals surface area contributed by atoms with E-state index in [1.807, 2.05) is 0 Å². The van der Waals surface area contributed by atoms with Crippen molar-refractivity contribution in [3.8, 4) is 0 Å². The Bertz CT molecular complexity index is 348. The monoisotopic (exact) mass is 253 g/mol. The lowest BCUT2D eigenvalue weighted by Gasteiger charge is -2.37. The van der Waals surface area contributed by atoms with E-state index >= 15 is 0 Å². The maximum absolute atomic E-state index is 6.08. The highest BCUT2D eigenvalue weighted by atomic mass is 32.1. The van der Waals surface area contributed by atoms with E-state index in [2.05, 4.69) is 29.1 Å². The predicted molar refractivity (Wildman–Crippen MR) is 73.2 cm³/mol. The van der Waals surface area contributed by atoms with E-state index in [9.17, 15) is 0 Å². The fourth-order valence-electron chi connectivity index (χ4n) is 2.60. The highest BCUT2D eigenvalue weighted by Gasteiger charge is 2.25. The minimum atomic E-state index is 0.264. The van der Waals surface area contributed by atoms with Gasteiger partial charge >= 0.3 is 0 Å². The summed E-state index contributed by atoms with van der Waals surface area (Å²) in [6.45, 7) is 6.43. The Morgan fingerprint density at radius 3 is 3.06 bits per heavy atom. The highest BCUT2D eigenvalue weighted by molar-refractivity contribution is 7.09. The van der Waals surface area contributed by atoms with Gasteiger partial charge in [0, 0.05) is 24.0 Å². The van der Waals surface area contributed by atoms with Crippen LogP contribution in [0.1, 0.15) is 43.8 Å². The molecule has 0 bridgehead atoms. The first kappa shape index (κ1) is 13.0.